The number of hydrogen-bond donors (Lipinski definition) is 0. The Kier molecular flexibility index (Phi) is 2.55. The van der Waals surface area contributed by atoms with E-state index in [0.29, 0.717) is 12.4 Å². The van der Waals surface area contributed by atoms with Gasteiger partial charge in [-0.1, -0.05) is 30.3 Å². The fourth-order valence-electron chi connectivity index (χ4n) is 2.47. The van der Waals surface area contributed by atoms with Crippen molar-refractivity contribution in [2.45, 2.75) is 25.9 Å². The molecule has 0 amide bonds. The number of tetrazole rings is 1. The zero-order chi connectivity index (χ0) is 13.4. The van der Waals surface area contributed by atoms with Gasteiger partial charge < -0.3 is 4.57 Å². The van der Waals surface area contributed by atoms with Crippen LogP contribution in [0.4, 0.5) is 0 Å². The highest BCUT2D eigenvalue weighted by Gasteiger charge is 2.18. The highest BCUT2D eigenvalue weighted by molar-refractivity contribution is 5.52. The molecule has 1 aliphatic heterocycles. The number of aromatic nitrogens is 7. The summed E-state index contributed by atoms with van der Waals surface area (Å²) in [5.74, 6) is 2.59. The van der Waals surface area contributed by atoms with Crippen molar-refractivity contribution in [1.82, 2.24) is 35.0 Å². The lowest BCUT2D eigenvalue weighted by molar-refractivity contribution is 0.532. The molecule has 4 rings (SSSR count). The van der Waals surface area contributed by atoms with Gasteiger partial charge in [0.05, 0.1) is 0 Å². The second-order valence-electron chi connectivity index (χ2n) is 4.80. The van der Waals surface area contributed by atoms with Crippen LogP contribution in [0.25, 0.3) is 11.4 Å². The molecule has 1 aromatic carbocycles. The third kappa shape index (κ3) is 1.87. The van der Waals surface area contributed by atoms with Crippen molar-refractivity contribution in [1.29, 1.82) is 0 Å². The van der Waals surface area contributed by atoms with Crippen molar-refractivity contribution in [3.8, 4) is 11.4 Å². The van der Waals surface area contributed by atoms with E-state index in [1.165, 1.54) is 0 Å². The summed E-state index contributed by atoms with van der Waals surface area (Å²) in [6.45, 7) is 1.49. The predicted molar refractivity (Wildman–Crippen MR) is 70.7 cm³/mol. The first-order chi connectivity index (χ1) is 9.90. The molecule has 7 heteroatoms. The first kappa shape index (κ1) is 11.3. The molecular formula is C13H13N7. The molecule has 20 heavy (non-hydrogen) atoms. The van der Waals surface area contributed by atoms with Gasteiger partial charge in [0, 0.05) is 18.5 Å². The summed E-state index contributed by atoms with van der Waals surface area (Å²) in [4.78, 5) is 1.57. The lowest BCUT2D eigenvalue weighted by Gasteiger charge is -2.00. The number of aryl methyl sites for hydroxylation is 1. The molecule has 3 aromatic rings. The van der Waals surface area contributed by atoms with E-state index in [0.717, 1.165) is 36.6 Å². The van der Waals surface area contributed by atoms with Crippen LogP contribution in [-0.4, -0.2) is 35.0 Å². The Hall–Kier alpha value is -2.57. The van der Waals surface area contributed by atoms with E-state index in [4.69, 9.17) is 0 Å². The Labute approximate surface area is 115 Å². The summed E-state index contributed by atoms with van der Waals surface area (Å²) in [5.41, 5.74) is 0.963. The topological polar surface area (TPSA) is 74.3 Å². The maximum absolute atomic E-state index is 4.39. The summed E-state index contributed by atoms with van der Waals surface area (Å²) in [6, 6.07) is 9.82. The Bertz CT molecular complexity index is 728. The molecule has 1 aliphatic rings. The van der Waals surface area contributed by atoms with Gasteiger partial charge in [-0.2, -0.15) is 4.80 Å². The SMILES string of the molecule is c1ccc(-c2nnn(Cc3nnc4n3CCC4)n2)cc1. The van der Waals surface area contributed by atoms with E-state index in [1.54, 1.807) is 4.80 Å². The van der Waals surface area contributed by atoms with E-state index in [1.807, 2.05) is 30.3 Å². The lowest BCUT2D eigenvalue weighted by atomic mass is 10.2. The van der Waals surface area contributed by atoms with Crippen molar-refractivity contribution >= 4 is 0 Å². The fourth-order valence-corrected chi connectivity index (χ4v) is 2.47. The molecule has 7 nitrogen and oxygen atoms in total. The number of benzene rings is 1. The minimum Gasteiger partial charge on any atom is -0.313 e. The summed E-state index contributed by atoms with van der Waals surface area (Å²) in [7, 11) is 0. The van der Waals surface area contributed by atoms with E-state index in [-0.39, 0.29) is 0 Å². The maximum Gasteiger partial charge on any atom is 0.204 e. The van der Waals surface area contributed by atoms with Crippen molar-refractivity contribution in [2.24, 2.45) is 0 Å². The fraction of sp³-hybridized carbons (Fsp3) is 0.308. The minimum atomic E-state index is 0.507. The molecule has 0 fully saturated rings. The van der Waals surface area contributed by atoms with E-state index in [9.17, 15) is 0 Å². The molecule has 0 radical (unpaired) electrons. The summed E-state index contributed by atoms with van der Waals surface area (Å²) in [6.07, 6.45) is 2.14. The molecule has 0 aliphatic carbocycles. The first-order valence-electron chi connectivity index (χ1n) is 6.64. The molecule has 0 unspecified atom stereocenters. The summed E-state index contributed by atoms with van der Waals surface area (Å²) < 4.78 is 2.14. The quantitative estimate of drug-likeness (QED) is 0.705. The molecule has 3 heterocycles. The van der Waals surface area contributed by atoms with Crippen LogP contribution in [0, 0.1) is 0 Å². The van der Waals surface area contributed by atoms with Crippen LogP contribution in [0.5, 0.6) is 0 Å². The maximum atomic E-state index is 4.39. The van der Waals surface area contributed by atoms with Crippen LogP contribution >= 0.6 is 0 Å². The van der Waals surface area contributed by atoms with Crippen molar-refractivity contribution in [3.05, 3.63) is 42.0 Å². The smallest absolute Gasteiger partial charge is 0.204 e. The molecule has 0 saturated heterocycles. The monoisotopic (exact) mass is 267 g/mol. The van der Waals surface area contributed by atoms with Gasteiger partial charge in [0.1, 0.15) is 12.4 Å². The third-order valence-corrected chi connectivity index (χ3v) is 3.45. The van der Waals surface area contributed by atoms with Gasteiger partial charge in [-0.05, 0) is 11.6 Å². The average molecular weight is 267 g/mol. The standard InChI is InChI=1S/C13H13N7/c1-2-5-10(6-3-1)13-16-18-20(17-13)9-12-15-14-11-7-4-8-19(11)12/h1-3,5-6H,4,7-9H2. The normalized spacial score (nSPS) is 13.6. The third-order valence-electron chi connectivity index (χ3n) is 3.45. The highest BCUT2D eigenvalue weighted by atomic mass is 15.6. The van der Waals surface area contributed by atoms with Gasteiger partial charge in [0.15, 0.2) is 5.82 Å². The van der Waals surface area contributed by atoms with Crippen molar-refractivity contribution in [2.75, 3.05) is 0 Å². The Morgan fingerprint density at radius 3 is 2.85 bits per heavy atom. The van der Waals surface area contributed by atoms with Gasteiger partial charge in [-0.3, -0.25) is 0 Å². The van der Waals surface area contributed by atoms with Crippen LogP contribution in [-0.2, 0) is 19.5 Å². The number of hydrogen-bond acceptors (Lipinski definition) is 5. The van der Waals surface area contributed by atoms with Gasteiger partial charge in [0.2, 0.25) is 5.82 Å². The zero-order valence-electron chi connectivity index (χ0n) is 10.8. The first-order valence-corrected chi connectivity index (χ1v) is 6.64. The number of rotatable bonds is 3. The molecule has 0 atom stereocenters. The van der Waals surface area contributed by atoms with E-state index >= 15 is 0 Å². The van der Waals surface area contributed by atoms with Gasteiger partial charge in [-0.25, -0.2) is 0 Å². The Balaban J connectivity index is 1.60. The molecule has 0 bridgehead atoms. The van der Waals surface area contributed by atoms with Crippen molar-refractivity contribution in [3.63, 3.8) is 0 Å². The van der Waals surface area contributed by atoms with Crippen LogP contribution < -0.4 is 0 Å². The van der Waals surface area contributed by atoms with Crippen LogP contribution in [0.3, 0.4) is 0 Å². The number of nitrogens with zero attached hydrogens (tertiary/aromatic N) is 7. The largest absolute Gasteiger partial charge is 0.313 e. The zero-order valence-corrected chi connectivity index (χ0v) is 10.8. The van der Waals surface area contributed by atoms with Gasteiger partial charge >= 0.3 is 0 Å². The average Bonchev–Trinajstić information content (AvgIpc) is 3.19. The Morgan fingerprint density at radius 2 is 1.95 bits per heavy atom. The molecule has 0 saturated carbocycles. The Morgan fingerprint density at radius 1 is 1.05 bits per heavy atom. The van der Waals surface area contributed by atoms with E-state index < -0.39 is 0 Å². The number of fused-ring (bicyclic) bond motifs is 1. The second-order valence-corrected chi connectivity index (χ2v) is 4.80. The summed E-state index contributed by atoms with van der Waals surface area (Å²) >= 11 is 0. The minimum absolute atomic E-state index is 0.507. The summed E-state index contributed by atoms with van der Waals surface area (Å²) in [5, 5.41) is 20.9. The predicted octanol–water partition coefficient (Wildman–Crippen LogP) is 0.926. The van der Waals surface area contributed by atoms with Crippen molar-refractivity contribution < 1.29 is 0 Å². The highest BCUT2D eigenvalue weighted by Crippen LogP contribution is 2.15. The molecule has 100 valence electrons. The molecule has 0 spiro atoms. The molecule has 2 aromatic heterocycles. The van der Waals surface area contributed by atoms with E-state index in [2.05, 4.69) is 30.2 Å². The molecule has 0 N–H and O–H groups in total. The van der Waals surface area contributed by atoms with Crippen LogP contribution in [0.15, 0.2) is 30.3 Å². The van der Waals surface area contributed by atoms with Gasteiger partial charge in [0.25, 0.3) is 0 Å². The molecular weight excluding hydrogens is 254 g/mol. The lowest BCUT2D eigenvalue weighted by Crippen LogP contribution is -2.10. The van der Waals surface area contributed by atoms with Crippen LogP contribution in [0.2, 0.25) is 0 Å². The van der Waals surface area contributed by atoms with Gasteiger partial charge in [-0.15, -0.1) is 20.4 Å². The second kappa shape index (κ2) is 4.52. The van der Waals surface area contributed by atoms with Crippen LogP contribution in [0.1, 0.15) is 18.1 Å².